The highest BCUT2D eigenvalue weighted by molar-refractivity contribution is 5.65. The van der Waals surface area contributed by atoms with Crippen LogP contribution in [-0.2, 0) is 6.42 Å². The Kier molecular flexibility index (Phi) is 4.38. The van der Waals surface area contributed by atoms with E-state index < -0.39 is 0 Å². The number of aryl methyl sites for hydroxylation is 2. The average molecular weight is 269 g/mol. The molecule has 0 aliphatic heterocycles. The van der Waals surface area contributed by atoms with Crippen LogP contribution in [-0.4, -0.2) is 17.0 Å². The molecular formula is C17H23N3. The van der Waals surface area contributed by atoms with Gasteiger partial charge in [0.2, 0.25) is 0 Å². The van der Waals surface area contributed by atoms with Crippen LogP contribution in [0.15, 0.2) is 24.3 Å². The predicted molar refractivity (Wildman–Crippen MR) is 85.0 cm³/mol. The zero-order valence-electron chi connectivity index (χ0n) is 13.0. The molecule has 1 heterocycles. The van der Waals surface area contributed by atoms with E-state index in [2.05, 4.69) is 56.2 Å². The topological polar surface area (TPSA) is 37.8 Å². The molecule has 1 aromatic heterocycles. The summed E-state index contributed by atoms with van der Waals surface area (Å²) in [6.07, 6.45) is 0.967. The third-order valence-electron chi connectivity index (χ3n) is 3.36. The van der Waals surface area contributed by atoms with Gasteiger partial charge in [-0.15, -0.1) is 0 Å². The minimum atomic E-state index is 0.584. The van der Waals surface area contributed by atoms with Crippen molar-refractivity contribution in [1.82, 2.24) is 9.97 Å². The summed E-state index contributed by atoms with van der Waals surface area (Å²) in [6, 6.07) is 8.34. The molecular weight excluding hydrogens is 246 g/mol. The lowest BCUT2D eigenvalue weighted by molar-refractivity contribution is 0.635. The molecule has 2 aromatic rings. The lowest BCUT2D eigenvalue weighted by Crippen LogP contribution is -2.05. The first-order valence-electron chi connectivity index (χ1n) is 7.13. The fourth-order valence-electron chi connectivity index (χ4n) is 2.43. The van der Waals surface area contributed by atoms with Crippen molar-refractivity contribution in [3.63, 3.8) is 0 Å². The molecule has 0 unspecified atom stereocenters. The van der Waals surface area contributed by atoms with Crippen LogP contribution in [0.1, 0.15) is 30.7 Å². The molecule has 3 heteroatoms. The SMILES string of the molecule is CNc1cc(CC(C)C)nc(-c2c(C)cccc2C)n1. The number of anilines is 1. The van der Waals surface area contributed by atoms with Crippen LogP contribution in [0, 0.1) is 19.8 Å². The maximum Gasteiger partial charge on any atom is 0.162 e. The maximum absolute atomic E-state index is 4.76. The second-order valence-corrected chi connectivity index (χ2v) is 5.68. The molecule has 0 amide bonds. The van der Waals surface area contributed by atoms with Gasteiger partial charge >= 0.3 is 0 Å². The largest absolute Gasteiger partial charge is 0.373 e. The lowest BCUT2D eigenvalue weighted by atomic mass is 10.0. The molecule has 0 bridgehead atoms. The number of hydrogen-bond donors (Lipinski definition) is 1. The first kappa shape index (κ1) is 14.5. The highest BCUT2D eigenvalue weighted by Gasteiger charge is 2.11. The maximum atomic E-state index is 4.76. The van der Waals surface area contributed by atoms with Crippen molar-refractivity contribution in [2.24, 2.45) is 5.92 Å². The van der Waals surface area contributed by atoms with Gasteiger partial charge in [-0.3, -0.25) is 0 Å². The van der Waals surface area contributed by atoms with Gasteiger partial charge in [-0.1, -0.05) is 32.0 Å². The van der Waals surface area contributed by atoms with Crippen molar-refractivity contribution in [2.45, 2.75) is 34.1 Å². The fourth-order valence-corrected chi connectivity index (χ4v) is 2.43. The Morgan fingerprint density at radius 3 is 2.30 bits per heavy atom. The molecule has 3 nitrogen and oxygen atoms in total. The van der Waals surface area contributed by atoms with Gasteiger partial charge in [-0.05, 0) is 37.3 Å². The van der Waals surface area contributed by atoms with Crippen molar-refractivity contribution in [3.05, 3.63) is 41.1 Å². The number of hydrogen-bond acceptors (Lipinski definition) is 3. The van der Waals surface area contributed by atoms with E-state index in [1.54, 1.807) is 0 Å². The first-order valence-corrected chi connectivity index (χ1v) is 7.13. The Balaban J connectivity index is 2.55. The Morgan fingerprint density at radius 2 is 1.75 bits per heavy atom. The van der Waals surface area contributed by atoms with Gasteiger partial charge in [0.25, 0.3) is 0 Å². The van der Waals surface area contributed by atoms with E-state index in [1.165, 1.54) is 11.1 Å². The van der Waals surface area contributed by atoms with Crippen LogP contribution >= 0.6 is 0 Å². The monoisotopic (exact) mass is 269 g/mol. The molecule has 0 aliphatic carbocycles. The van der Waals surface area contributed by atoms with Crippen molar-refractivity contribution in [2.75, 3.05) is 12.4 Å². The Bertz CT molecular complexity index is 583. The van der Waals surface area contributed by atoms with Crippen LogP contribution in [0.5, 0.6) is 0 Å². The number of nitrogens with one attached hydrogen (secondary N) is 1. The van der Waals surface area contributed by atoms with Crippen LogP contribution in [0.4, 0.5) is 5.82 Å². The Labute approximate surface area is 121 Å². The second kappa shape index (κ2) is 6.04. The van der Waals surface area contributed by atoms with Gasteiger partial charge in [0.05, 0.1) is 0 Å². The van der Waals surface area contributed by atoms with Crippen molar-refractivity contribution >= 4 is 5.82 Å². The van der Waals surface area contributed by atoms with Crippen molar-refractivity contribution < 1.29 is 0 Å². The van der Waals surface area contributed by atoms with E-state index in [0.29, 0.717) is 5.92 Å². The standard InChI is InChI=1S/C17H23N3/c1-11(2)9-14-10-15(18-5)20-17(19-14)16-12(3)7-6-8-13(16)4/h6-8,10-11H,9H2,1-5H3,(H,18,19,20). The van der Waals surface area contributed by atoms with Crippen molar-refractivity contribution in [1.29, 1.82) is 0 Å². The summed E-state index contributed by atoms with van der Waals surface area (Å²) in [5, 5.41) is 3.14. The van der Waals surface area contributed by atoms with Gasteiger partial charge in [0.1, 0.15) is 5.82 Å². The van der Waals surface area contributed by atoms with Gasteiger partial charge in [0, 0.05) is 24.4 Å². The van der Waals surface area contributed by atoms with Crippen molar-refractivity contribution in [3.8, 4) is 11.4 Å². The summed E-state index contributed by atoms with van der Waals surface area (Å²) in [5.41, 5.74) is 4.68. The predicted octanol–water partition coefficient (Wildman–Crippen LogP) is 4.00. The fraction of sp³-hybridized carbons (Fsp3) is 0.412. The minimum absolute atomic E-state index is 0.584. The van der Waals surface area contributed by atoms with Gasteiger partial charge in [-0.25, -0.2) is 9.97 Å². The van der Waals surface area contributed by atoms with Crippen LogP contribution in [0.2, 0.25) is 0 Å². The zero-order chi connectivity index (χ0) is 14.7. The molecule has 0 radical (unpaired) electrons. The Hall–Kier alpha value is -1.90. The number of aromatic nitrogens is 2. The highest BCUT2D eigenvalue weighted by Crippen LogP contribution is 2.25. The highest BCUT2D eigenvalue weighted by atomic mass is 15.0. The van der Waals surface area contributed by atoms with E-state index in [0.717, 1.165) is 29.3 Å². The molecule has 0 saturated heterocycles. The van der Waals surface area contributed by atoms with E-state index in [4.69, 9.17) is 4.98 Å². The molecule has 0 atom stereocenters. The van der Waals surface area contributed by atoms with Gasteiger partial charge in [-0.2, -0.15) is 0 Å². The average Bonchev–Trinajstić information content (AvgIpc) is 2.37. The summed E-state index contributed by atoms with van der Waals surface area (Å²) in [5.74, 6) is 2.29. The number of rotatable bonds is 4. The molecule has 106 valence electrons. The molecule has 2 rings (SSSR count). The summed E-state index contributed by atoms with van der Waals surface area (Å²) in [4.78, 5) is 9.39. The molecule has 1 aromatic carbocycles. The normalized spacial score (nSPS) is 10.9. The molecule has 1 N–H and O–H groups in total. The van der Waals surface area contributed by atoms with Gasteiger partial charge < -0.3 is 5.32 Å². The summed E-state index contributed by atoms with van der Waals surface area (Å²) in [7, 11) is 1.90. The van der Waals surface area contributed by atoms with E-state index >= 15 is 0 Å². The van der Waals surface area contributed by atoms with E-state index in [1.807, 2.05) is 13.1 Å². The minimum Gasteiger partial charge on any atom is -0.373 e. The number of nitrogens with zero attached hydrogens (tertiary/aromatic N) is 2. The number of benzene rings is 1. The molecule has 20 heavy (non-hydrogen) atoms. The smallest absolute Gasteiger partial charge is 0.162 e. The van der Waals surface area contributed by atoms with Crippen LogP contribution in [0.25, 0.3) is 11.4 Å². The molecule has 0 saturated carbocycles. The quantitative estimate of drug-likeness (QED) is 0.911. The lowest BCUT2D eigenvalue weighted by Gasteiger charge is -2.12. The first-order chi connectivity index (χ1) is 9.51. The molecule has 0 fully saturated rings. The van der Waals surface area contributed by atoms with Gasteiger partial charge in [0.15, 0.2) is 5.82 Å². The van der Waals surface area contributed by atoms with E-state index in [9.17, 15) is 0 Å². The second-order valence-electron chi connectivity index (χ2n) is 5.68. The molecule has 0 aliphatic rings. The third-order valence-corrected chi connectivity index (χ3v) is 3.36. The van der Waals surface area contributed by atoms with E-state index in [-0.39, 0.29) is 0 Å². The third kappa shape index (κ3) is 3.16. The van der Waals surface area contributed by atoms with Crippen LogP contribution in [0.3, 0.4) is 0 Å². The van der Waals surface area contributed by atoms with Crippen LogP contribution < -0.4 is 5.32 Å². The summed E-state index contributed by atoms with van der Waals surface area (Å²) >= 11 is 0. The summed E-state index contributed by atoms with van der Waals surface area (Å²) in [6.45, 7) is 8.64. The Morgan fingerprint density at radius 1 is 1.10 bits per heavy atom. The summed E-state index contributed by atoms with van der Waals surface area (Å²) < 4.78 is 0. The molecule has 0 spiro atoms. The zero-order valence-corrected chi connectivity index (χ0v) is 13.0.